The molecule has 0 saturated heterocycles. The van der Waals surface area contributed by atoms with Crippen molar-refractivity contribution in [3.63, 3.8) is 0 Å². The van der Waals surface area contributed by atoms with Gasteiger partial charge >= 0.3 is 5.51 Å². The molecule has 1 unspecified atom stereocenters. The molecule has 2 heterocycles. The number of anilines is 2. The molecule has 0 aliphatic carbocycles. The monoisotopic (exact) mass is 575 g/mol. The smallest absolute Gasteiger partial charge is 0.383 e. The van der Waals surface area contributed by atoms with Crippen molar-refractivity contribution in [3.05, 3.63) is 66.8 Å². The molecule has 40 heavy (non-hydrogen) atoms. The number of alkyl halides is 3. The molecule has 0 saturated carbocycles. The van der Waals surface area contributed by atoms with E-state index in [1.807, 2.05) is 0 Å². The second-order valence-electron chi connectivity index (χ2n) is 9.06. The Morgan fingerprint density at radius 3 is 2.38 bits per heavy atom. The number of fused-ring (bicyclic) bond motifs is 1. The first-order chi connectivity index (χ1) is 18.7. The van der Waals surface area contributed by atoms with Gasteiger partial charge in [-0.1, -0.05) is 18.7 Å². The molecular weight excluding hydrogens is 550 g/mol. The Labute approximate surface area is 227 Å². The van der Waals surface area contributed by atoms with Crippen LogP contribution in [0.5, 0.6) is 0 Å². The van der Waals surface area contributed by atoms with Crippen LogP contribution >= 0.6 is 0 Å². The predicted molar refractivity (Wildman–Crippen MR) is 147 cm³/mol. The first-order valence-corrected chi connectivity index (χ1v) is 13.1. The van der Waals surface area contributed by atoms with E-state index in [9.17, 15) is 22.2 Å². The lowest BCUT2D eigenvalue weighted by atomic mass is 9.98. The van der Waals surface area contributed by atoms with Crippen molar-refractivity contribution >= 4 is 44.0 Å². The number of nitrogens with one attached hydrogen (secondary N) is 1. The SMILES string of the molecule is C=C(C)C(=O)Nc1ccc(F)c(-c2c(-c3ccc(N=S(=O)(N(C)C)C(F)(F)F)cc3)c3c(N)ncnc3n2C)c1. The number of carbonyl (C=O) groups excluding carboxylic acids is 1. The lowest BCUT2D eigenvalue weighted by Crippen LogP contribution is -2.35. The average Bonchev–Trinajstić information content (AvgIpc) is 3.18. The first kappa shape index (κ1) is 28.7. The number of halogens is 4. The predicted octanol–water partition coefficient (Wildman–Crippen LogP) is 5.63. The van der Waals surface area contributed by atoms with Crippen LogP contribution in [0.4, 0.5) is 34.8 Å². The Morgan fingerprint density at radius 1 is 1.15 bits per heavy atom. The molecular formula is C26H25F4N7O2S. The van der Waals surface area contributed by atoms with E-state index in [1.54, 1.807) is 11.6 Å². The molecule has 4 rings (SSSR count). The van der Waals surface area contributed by atoms with Crippen LogP contribution in [0.15, 0.2) is 65.3 Å². The third kappa shape index (κ3) is 5.02. The topological polar surface area (TPSA) is 118 Å². The Morgan fingerprint density at radius 2 is 1.80 bits per heavy atom. The maximum atomic E-state index is 15.3. The fraction of sp³-hybridized carbons (Fsp3) is 0.192. The number of aryl methyl sites for hydroxylation is 1. The van der Waals surface area contributed by atoms with E-state index in [1.165, 1.54) is 55.7 Å². The van der Waals surface area contributed by atoms with Gasteiger partial charge in [-0.05, 0) is 42.8 Å². The minimum atomic E-state index is -5.09. The van der Waals surface area contributed by atoms with Gasteiger partial charge in [0.05, 0.1) is 16.8 Å². The summed E-state index contributed by atoms with van der Waals surface area (Å²) in [7, 11) is -1.04. The highest BCUT2D eigenvalue weighted by atomic mass is 32.2. The highest BCUT2D eigenvalue weighted by Gasteiger charge is 2.45. The lowest BCUT2D eigenvalue weighted by molar-refractivity contribution is -0.112. The first-order valence-electron chi connectivity index (χ1n) is 11.6. The van der Waals surface area contributed by atoms with Crippen molar-refractivity contribution in [3.8, 4) is 22.4 Å². The number of nitrogens with two attached hydrogens (primary N) is 1. The number of rotatable bonds is 6. The summed E-state index contributed by atoms with van der Waals surface area (Å²) >= 11 is 0. The second-order valence-corrected chi connectivity index (χ2v) is 11.4. The molecule has 0 aliphatic rings. The van der Waals surface area contributed by atoms with E-state index in [0.29, 0.717) is 37.8 Å². The quantitative estimate of drug-likeness (QED) is 0.228. The zero-order valence-corrected chi connectivity index (χ0v) is 22.7. The van der Waals surface area contributed by atoms with Crippen LogP contribution in [-0.4, -0.2) is 48.6 Å². The van der Waals surface area contributed by atoms with Crippen molar-refractivity contribution in [2.75, 3.05) is 25.1 Å². The average molecular weight is 576 g/mol. The fourth-order valence-corrected chi connectivity index (χ4v) is 5.15. The number of nitrogen functional groups attached to an aromatic ring is 1. The minimum absolute atomic E-state index is 0.0930. The van der Waals surface area contributed by atoms with Gasteiger partial charge in [-0.15, -0.1) is 0 Å². The summed E-state index contributed by atoms with van der Waals surface area (Å²) in [5, 5.41) is 3.03. The summed E-state index contributed by atoms with van der Waals surface area (Å²) in [6.45, 7) is 5.13. The summed E-state index contributed by atoms with van der Waals surface area (Å²) < 4.78 is 74.1. The van der Waals surface area contributed by atoms with Crippen LogP contribution in [-0.2, 0) is 21.8 Å². The maximum absolute atomic E-state index is 15.3. The number of aromatic nitrogens is 3. The summed E-state index contributed by atoms with van der Waals surface area (Å²) in [6, 6.07) is 9.49. The van der Waals surface area contributed by atoms with Crippen molar-refractivity contribution in [1.29, 1.82) is 0 Å². The third-order valence-corrected chi connectivity index (χ3v) is 8.10. The second kappa shape index (κ2) is 10.4. The molecule has 1 atom stereocenters. The van der Waals surface area contributed by atoms with Gasteiger partial charge in [-0.2, -0.15) is 17.5 Å². The molecule has 0 radical (unpaired) electrons. The zero-order chi connectivity index (χ0) is 29.6. The molecule has 2 aromatic heterocycles. The summed E-state index contributed by atoms with van der Waals surface area (Å²) in [4.78, 5) is 20.5. The molecule has 0 spiro atoms. The number of hydrogen-bond donors (Lipinski definition) is 2. The number of nitrogens with zero attached hydrogens (tertiary/aromatic N) is 5. The maximum Gasteiger partial charge on any atom is 0.493 e. The molecule has 14 heteroatoms. The summed E-state index contributed by atoms with van der Waals surface area (Å²) in [5.74, 6) is -0.970. The van der Waals surface area contributed by atoms with Crippen LogP contribution in [0, 0.1) is 5.82 Å². The third-order valence-electron chi connectivity index (χ3n) is 6.05. The van der Waals surface area contributed by atoms with Crippen molar-refractivity contribution in [1.82, 2.24) is 18.8 Å². The van der Waals surface area contributed by atoms with Gasteiger partial charge in [0.1, 0.15) is 23.6 Å². The number of amides is 1. The summed E-state index contributed by atoms with van der Waals surface area (Å²) in [6.07, 6.45) is 1.25. The Hall–Kier alpha value is -4.30. The molecule has 0 fully saturated rings. The van der Waals surface area contributed by atoms with Gasteiger partial charge in [-0.3, -0.25) is 4.79 Å². The largest absolute Gasteiger partial charge is 0.493 e. The molecule has 9 nitrogen and oxygen atoms in total. The Balaban J connectivity index is 1.96. The molecule has 2 aromatic carbocycles. The van der Waals surface area contributed by atoms with Gasteiger partial charge in [0.15, 0.2) is 0 Å². The molecule has 4 aromatic rings. The van der Waals surface area contributed by atoms with Crippen LogP contribution in [0.3, 0.4) is 0 Å². The lowest BCUT2D eigenvalue weighted by Gasteiger charge is -2.19. The van der Waals surface area contributed by atoms with E-state index < -0.39 is 27.1 Å². The van der Waals surface area contributed by atoms with Crippen LogP contribution < -0.4 is 11.1 Å². The minimum Gasteiger partial charge on any atom is -0.383 e. The highest BCUT2D eigenvalue weighted by molar-refractivity contribution is 7.92. The van der Waals surface area contributed by atoms with Gasteiger partial charge in [0.25, 0.3) is 5.91 Å². The van der Waals surface area contributed by atoms with E-state index in [0.717, 1.165) is 14.1 Å². The summed E-state index contributed by atoms with van der Waals surface area (Å²) in [5.41, 5.74) is 3.11. The van der Waals surface area contributed by atoms with Gasteiger partial charge < -0.3 is 15.6 Å². The molecule has 1 amide bonds. The van der Waals surface area contributed by atoms with Crippen molar-refractivity contribution < 1.29 is 26.6 Å². The van der Waals surface area contributed by atoms with E-state index in [4.69, 9.17) is 5.73 Å². The Kier molecular flexibility index (Phi) is 7.43. The highest BCUT2D eigenvalue weighted by Crippen LogP contribution is 2.43. The van der Waals surface area contributed by atoms with Gasteiger partial charge in [0.2, 0.25) is 9.92 Å². The van der Waals surface area contributed by atoms with Gasteiger partial charge in [0, 0.05) is 43.5 Å². The molecule has 210 valence electrons. The number of hydrogen-bond acceptors (Lipinski definition) is 6. The van der Waals surface area contributed by atoms with E-state index in [-0.39, 0.29) is 22.6 Å². The van der Waals surface area contributed by atoms with E-state index in [2.05, 4.69) is 26.2 Å². The van der Waals surface area contributed by atoms with Crippen molar-refractivity contribution in [2.45, 2.75) is 12.4 Å². The Bertz CT molecular complexity index is 1770. The molecule has 0 bridgehead atoms. The standard InChI is InChI=1S/C26H25F4N7O2S/c1-14(2)25(38)34-17-10-11-19(27)18(12-17)22-20(21-23(31)32-13-33-24(21)37(22)5)15-6-8-16(9-7-15)35-40(39,36(3)4)26(28,29)30/h6-13H,1H2,2-5H3,(H,34,38)(H2,31,32,33). The van der Waals surface area contributed by atoms with Crippen molar-refractivity contribution in [2.24, 2.45) is 11.4 Å². The zero-order valence-electron chi connectivity index (χ0n) is 21.9. The number of benzene rings is 2. The molecule has 3 N–H and O–H groups in total. The van der Waals surface area contributed by atoms with Crippen LogP contribution in [0.1, 0.15) is 6.92 Å². The molecule has 0 aliphatic heterocycles. The van der Waals surface area contributed by atoms with Gasteiger partial charge in [-0.25, -0.2) is 22.9 Å². The van der Waals surface area contributed by atoms with E-state index >= 15 is 4.39 Å². The van der Waals surface area contributed by atoms with Crippen LogP contribution in [0.2, 0.25) is 0 Å². The van der Waals surface area contributed by atoms with Crippen LogP contribution in [0.25, 0.3) is 33.4 Å². The number of carbonyl (C=O) groups is 1. The fourth-order valence-electron chi connectivity index (χ4n) is 4.07. The normalized spacial score (nSPS) is 13.3.